The number of fused-ring (bicyclic) bond motifs is 1. The van der Waals surface area contributed by atoms with Gasteiger partial charge in [0, 0.05) is 47.1 Å². The number of nitrogens with one attached hydrogen (secondary N) is 1. The number of carbonyl (C=O) groups is 3. The Bertz CT molecular complexity index is 2070. The van der Waals surface area contributed by atoms with Crippen LogP contribution in [-0.4, -0.2) is 58.3 Å². The maximum atomic E-state index is 13.1. The molecule has 1 aliphatic rings. The largest absolute Gasteiger partial charge is 0.496 e. The van der Waals surface area contributed by atoms with Gasteiger partial charge in [-0.25, -0.2) is 4.79 Å². The Morgan fingerprint density at radius 2 is 1.76 bits per heavy atom. The van der Waals surface area contributed by atoms with Crippen molar-refractivity contribution in [1.29, 1.82) is 0 Å². The average Bonchev–Trinajstić information content (AvgIpc) is 3.70. The molecule has 0 unspecified atom stereocenters. The molecular formula is C39H38Cl2N4O5. The number of carbonyl (C=O) groups excluding carboxylic acids is 3. The lowest BCUT2D eigenvalue weighted by Crippen LogP contribution is -2.43. The van der Waals surface area contributed by atoms with Crippen molar-refractivity contribution < 1.29 is 23.9 Å². The van der Waals surface area contributed by atoms with Crippen LogP contribution < -0.4 is 10.1 Å². The maximum Gasteiger partial charge on any atom is 0.410 e. The zero-order valence-electron chi connectivity index (χ0n) is 28.3. The fourth-order valence-electron chi connectivity index (χ4n) is 6.21. The third-order valence-corrected chi connectivity index (χ3v) is 9.40. The molecule has 258 valence electrons. The summed E-state index contributed by atoms with van der Waals surface area (Å²) in [5.41, 5.74) is 5.93. The van der Waals surface area contributed by atoms with E-state index in [9.17, 15) is 14.4 Å². The first-order chi connectivity index (χ1) is 23.9. The van der Waals surface area contributed by atoms with Crippen molar-refractivity contribution in [3.05, 3.63) is 106 Å². The number of aldehydes is 1. The topological polar surface area (TPSA) is 103 Å². The first-order valence-corrected chi connectivity index (χ1v) is 17.1. The molecule has 0 bridgehead atoms. The number of halogens is 2. The Morgan fingerprint density at radius 1 is 1.04 bits per heavy atom. The summed E-state index contributed by atoms with van der Waals surface area (Å²) < 4.78 is 12.9. The van der Waals surface area contributed by atoms with Gasteiger partial charge >= 0.3 is 6.09 Å². The molecule has 0 aliphatic carbocycles. The Balaban J connectivity index is 1.25. The van der Waals surface area contributed by atoms with Gasteiger partial charge in [-0.3, -0.25) is 14.3 Å². The molecule has 0 saturated carbocycles. The number of hydrogen-bond acceptors (Lipinski definition) is 6. The second kappa shape index (κ2) is 14.5. The number of ether oxygens (including phenoxy) is 2. The molecule has 4 aromatic carbocycles. The second-order valence-corrected chi connectivity index (χ2v) is 14.2. The fourth-order valence-corrected chi connectivity index (χ4v) is 6.78. The van der Waals surface area contributed by atoms with Crippen LogP contribution in [0.3, 0.4) is 0 Å². The minimum Gasteiger partial charge on any atom is -0.496 e. The van der Waals surface area contributed by atoms with Gasteiger partial charge in [-0.2, -0.15) is 5.10 Å². The number of aromatic nitrogens is 2. The van der Waals surface area contributed by atoms with Crippen molar-refractivity contribution in [2.45, 2.75) is 58.3 Å². The molecule has 0 spiro atoms. The van der Waals surface area contributed by atoms with E-state index in [1.54, 1.807) is 17.0 Å². The Morgan fingerprint density at radius 3 is 2.44 bits per heavy atom. The van der Waals surface area contributed by atoms with E-state index >= 15 is 0 Å². The first-order valence-electron chi connectivity index (χ1n) is 16.4. The zero-order valence-corrected chi connectivity index (χ0v) is 29.8. The minimum absolute atomic E-state index is 0.000811. The molecule has 2 heterocycles. The van der Waals surface area contributed by atoms with Crippen LogP contribution in [0.1, 0.15) is 55.1 Å². The van der Waals surface area contributed by atoms with E-state index in [0.717, 1.165) is 50.6 Å². The van der Waals surface area contributed by atoms with Crippen LogP contribution in [0, 0.1) is 0 Å². The zero-order chi connectivity index (χ0) is 35.6. The number of rotatable bonds is 10. The highest BCUT2D eigenvalue weighted by Crippen LogP contribution is 2.39. The predicted octanol–water partition coefficient (Wildman–Crippen LogP) is 8.56. The minimum atomic E-state index is -0.644. The molecule has 11 heteroatoms. The lowest BCUT2D eigenvalue weighted by Gasteiger charge is -2.29. The Hall–Kier alpha value is -4.86. The average molecular weight is 714 g/mol. The molecule has 2 amide bonds. The fraction of sp³-hybridized carbons (Fsp3) is 0.282. The molecule has 1 saturated heterocycles. The lowest BCUT2D eigenvalue weighted by atomic mass is 9.96. The highest BCUT2D eigenvalue weighted by molar-refractivity contribution is 6.36. The summed E-state index contributed by atoms with van der Waals surface area (Å²) in [4.78, 5) is 38.0. The van der Waals surface area contributed by atoms with Crippen molar-refractivity contribution in [2.75, 3.05) is 13.7 Å². The van der Waals surface area contributed by atoms with Crippen LogP contribution >= 0.6 is 23.2 Å². The molecule has 5 aromatic rings. The molecule has 1 fully saturated rings. The summed E-state index contributed by atoms with van der Waals surface area (Å²) in [6.45, 7) is 6.59. The molecule has 1 atom stereocenters. The highest BCUT2D eigenvalue weighted by Gasteiger charge is 2.28. The predicted molar refractivity (Wildman–Crippen MR) is 196 cm³/mol. The van der Waals surface area contributed by atoms with Crippen molar-refractivity contribution >= 4 is 52.4 Å². The van der Waals surface area contributed by atoms with E-state index < -0.39 is 11.7 Å². The quantitative estimate of drug-likeness (QED) is 0.146. The van der Waals surface area contributed by atoms with Crippen LogP contribution in [0.15, 0.2) is 79.0 Å². The van der Waals surface area contributed by atoms with Gasteiger partial charge in [-0.1, -0.05) is 77.8 Å². The first kappa shape index (κ1) is 35.0. The number of hydrogen-bond donors (Lipinski definition) is 1. The molecule has 0 radical (unpaired) electrons. The van der Waals surface area contributed by atoms with Crippen LogP contribution in [0.5, 0.6) is 5.75 Å². The van der Waals surface area contributed by atoms with Crippen LogP contribution in [0.4, 0.5) is 4.79 Å². The summed E-state index contributed by atoms with van der Waals surface area (Å²) in [7, 11) is 1.52. The molecule has 9 nitrogen and oxygen atoms in total. The van der Waals surface area contributed by atoms with Crippen molar-refractivity contribution in [2.24, 2.45) is 0 Å². The van der Waals surface area contributed by atoms with Crippen molar-refractivity contribution in [1.82, 2.24) is 20.0 Å². The monoisotopic (exact) mass is 712 g/mol. The molecule has 1 aromatic heterocycles. The Labute approximate surface area is 301 Å². The number of benzene rings is 4. The molecule has 1 aliphatic heterocycles. The number of nitrogens with zero attached hydrogens (tertiary/aromatic N) is 3. The van der Waals surface area contributed by atoms with Gasteiger partial charge in [0.1, 0.15) is 11.4 Å². The standard InChI is InChI=1S/C39H38Cl2N4O5/c1-39(2,3)50-38(48)44(22-28-15-16-36(47)43-28)20-24-11-13-25(14-12-24)29-7-5-9-31(37(29)41)30-8-6-10-34-32(30)19-42-45(34)21-26-18-35(49-4)27(23-46)17-33(26)40/h5-14,17-19,23,28H,15-16,20-22H2,1-4H3,(H,43,47)/t28-/m0/s1. The van der Waals surface area contributed by atoms with Crippen LogP contribution in [0.2, 0.25) is 10.0 Å². The van der Waals surface area contributed by atoms with Crippen LogP contribution in [-0.2, 0) is 22.6 Å². The van der Waals surface area contributed by atoms with Gasteiger partial charge in [0.25, 0.3) is 0 Å². The SMILES string of the molecule is COc1cc(Cn2ncc3c(-c4cccc(-c5ccc(CN(C[C@@H]6CCC(=O)N6)C(=O)OC(C)(C)C)cc5)c4Cl)cccc32)c(Cl)cc1C=O. The third-order valence-electron chi connectivity index (χ3n) is 8.64. The van der Waals surface area contributed by atoms with E-state index in [0.29, 0.717) is 53.8 Å². The molecule has 50 heavy (non-hydrogen) atoms. The van der Waals surface area contributed by atoms with Crippen LogP contribution in [0.25, 0.3) is 33.2 Å². The van der Waals surface area contributed by atoms with Crippen molar-refractivity contribution in [3.8, 4) is 28.0 Å². The lowest BCUT2D eigenvalue weighted by molar-refractivity contribution is -0.119. The van der Waals surface area contributed by atoms with E-state index in [1.807, 2.05) is 92.3 Å². The van der Waals surface area contributed by atoms with Gasteiger partial charge in [-0.15, -0.1) is 0 Å². The van der Waals surface area contributed by atoms with Gasteiger partial charge in [0.05, 0.1) is 36.0 Å². The summed E-state index contributed by atoms with van der Waals surface area (Å²) in [6.07, 6.45) is 3.26. The number of methoxy groups -OCH3 is 1. The highest BCUT2D eigenvalue weighted by atomic mass is 35.5. The third kappa shape index (κ3) is 7.64. The summed E-state index contributed by atoms with van der Waals surface area (Å²) in [5.74, 6) is 0.452. The maximum absolute atomic E-state index is 13.1. The summed E-state index contributed by atoms with van der Waals surface area (Å²) >= 11 is 13.7. The van der Waals surface area contributed by atoms with E-state index in [1.165, 1.54) is 7.11 Å². The number of amides is 2. The second-order valence-electron chi connectivity index (χ2n) is 13.4. The summed E-state index contributed by atoms with van der Waals surface area (Å²) in [5, 5.41) is 9.60. The normalized spacial score (nSPS) is 14.4. The van der Waals surface area contributed by atoms with Gasteiger partial charge in [0.2, 0.25) is 5.91 Å². The Kier molecular flexibility index (Phi) is 10.2. The van der Waals surface area contributed by atoms with E-state index in [-0.39, 0.29) is 11.9 Å². The van der Waals surface area contributed by atoms with Crippen molar-refractivity contribution in [3.63, 3.8) is 0 Å². The smallest absolute Gasteiger partial charge is 0.410 e. The van der Waals surface area contributed by atoms with Gasteiger partial charge < -0.3 is 19.7 Å². The molecule has 6 rings (SSSR count). The van der Waals surface area contributed by atoms with E-state index in [4.69, 9.17) is 32.7 Å². The van der Waals surface area contributed by atoms with Gasteiger partial charge in [0.15, 0.2) is 6.29 Å². The van der Waals surface area contributed by atoms with Gasteiger partial charge in [-0.05, 0) is 67.6 Å². The molecular weight excluding hydrogens is 675 g/mol. The summed E-state index contributed by atoms with van der Waals surface area (Å²) in [6, 6.07) is 23.2. The molecule has 1 N–H and O–H groups in total. The van der Waals surface area contributed by atoms with E-state index in [2.05, 4.69) is 10.4 Å².